The van der Waals surface area contributed by atoms with Crippen LogP contribution in [0.25, 0.3) is 0 Å². The highest BCUT2D eigenvalue weighted by Crippen LogP contribution is 2.19. The quantitative estimate of drug-likeness (QED) is 0.649. The largest absolute Gasteiger partial charge is 0.497 e. The number of hydrogen-bond acceptors (Lipinski definition) is 4. The summed E-state index contributed by atoms with van der Waals surface area (Å²) in [7, 11) is 0.581. The van der Waals surface area contributed by atoms with Gasteiger partial charge in [-0.15, -0.1) is 0 Å². The molecule has 144 valence electrons. The van der Waals surface area contributed by atoms with Gasteiger partial charge < -0.3 is 14.8 Å². The maximum Gasteiger partial charge on any atom is 0.255 e. The monoisotopic (exact) mass is 395 g/mol. The second kappa shape index (κ2) is 9.19. The smallest absolute Gasteiger partial charge is 0.255 e. The zero-order valence-electron chi connectivity index (χ0n) is 15.7. The molecule has 5 nitrogen and oxygen atoms in total. The van der Waals surface area contributed by atoms with Gasteiger partial charge in [0.1, 0.15) is 18.1 Å². The van der Waals surface area contributed by atoms with Crippen molar-refractivity contribution < 1.29 is 18.5 Å². The first-order valence-electron chi connectivity index (χ1n) is 8.66. The lowest BCUT2D eigenvalue weighted by Crippen LogP contribution is -2.12. The lowest BCUT2D eigenvalue weighted by Gasteiger charge is -2.10. The molecular weight excluding hydrogens is 374 g/mol. The summed E-state index contributed by atoms with van der Waals surface area (Å²) in [6.07, 6.45) is 1.62. The van der Waals surface area contributed by atoms with Crippen molar-refractivity contribution in [2.24, 2.45) is 0 Å². The zero-order chi connectivity index (χ0) is 19.9. The topological polar surface area (TPSA) is 64.6 Å². The first kappa shape index (κ1) is 19.6. The number of ether oxygens (including phenoxy) is 2. The molecule has 0 aliphatic carbocycles. The third-order valence-electron chi connectivity index (χ3n) is 4.10. The SMILES string of the molecule is COc1ccc(COc2cccc(C(=O)Nc3ccc(S(C)=O)cc3)c2)cc1. The Hall–Kier alpha value is -3.12. The standard InChI is InChI=1S/C22H21NO4S/c1-26-19-10-6-16(7-11-19)15-27-20-5-3-4-17(14-20)22(24)23-18-8-12-21(13-9-18)28(2)25/h3-14H,15H2,1-2H3,(H,23,24). The first-order chi connectivity index (χ1) is 13.5. The van der Waals surface area contributed by atoms with Crippen LogP contribution in [0, 0.1) is 0 Å². The normalized spacial score (nSPS) is 11.5. The molecule has 1 N–H and O–H groups in total. The molecule has 0 fully saturated rings. The van der Waals surface area contributed by atoms with E-state index in [4.69, 9.17) is 9.47 Å². The molecule has 0 bridgehead atoms. The number of amides is 1. The molecule has 28 heavy (non-hydrogen) atoms. The van der Waals surface area contributed by atoms with E-state index in [0.29, 0.717) is 28.5 Å². The second-order valence-corrected chi connectivity index (χ2v) is 7.48. The first-order valence-corrected chi connectivity index (χ1v) is 10.2. The van der Waals surface area contributed by atoms with Gasteiger partial charge in [-0.3, -0.25) is 9.00 Å². The van der Waals surface area contributed by atoms with E-state index in [1.807, 2.05) is 30.3 Å². The van der Waals surface area contributed by atoms with Gasteiger partial charge in [-0.1, -0.05) is 18.2 Å². The third kappa shape index (κ3) is 5.20. The van der Waals surface area contributed by atoms with Crippen LogP contribution in [-0.4, -0.2) is 23.5 Å². The van der Waals surface area contributed by atoms with Crippen LogP contribution in [0.1, 0.15) is 15.9 Å². The van der Waals surface area contributed by atoms with Crippen molar-refractivity contribution in [3.8, 4) is 11.5 Å². The number of carbonyl (C=O) groups excluding carboxylic acids is 1. The second-order valence-electron chi connectivity index (χ2n) is 6.10. The van der Waals surface area contributed by atoms with Gasteiger partial charge in [0.2, 0.25) is 0 Å². The molecule has 6 heteroatoms. The van der Waals surface area contributed by atoms with Crippen molar-refractivity contribution in [3.05, 3.63) is 83.9 Å². The maximum atomic E-state index is 12.5. The predicted molar refractivity (Wildman–Crippen MR) is 110 cm³/mol. The average molecular weight is 395 g/mol. The van der Waals surface area contributed by atoms with E-state index in [0.717, 1.165) is 11.3 Å². The molecule has 1 amide bonds. The predicted octanol–water partition coefficient (Wildman–Crippen LogP) is 4.26. The Labute approximate surface area is 166 Å². The molecule has 0 aromatic heterocycles. The molecule has 3 aromatic carbocycles. The van der Waals surface area contributed by atoms with E-state index >= 15 is 0 Å². The van der Waals surface area contributed by atoms with Gasteiger partial charge in [-0.05, 0) is 60.2 Å². The molecule has 0 aliphatic heterocycles. The molecule has 0 aliphatic rings. The van der Waals surface area contributed by atoms with Crippen molar-refractivity contribution >= 4 is 22.4 Å². The Morgan fingerprint density at radius 3 is 2.32 bits per heavy atom. The Morgan fingerprint density at radius 2 is 1.68 bits per heavy atom. The lowest BCUT2D eigenvalue weighted by atomic mass is 10.2. The van der Waals surface area contributed by atoms with Crippen LogP contribution in [0.15, 0.2) is 77.7 Å². The van der Waals surface area contributed by atoms with Crippen molar-refractivity contribution in [1.82, 2.24) is 0 Å². The van der Waals surface area contributed by atoms with E-state index in [-0.39, 0.29) is 5.91 Å². The van der Waals surface area contributed by atoms with E-state index in [1.165, 1.54) is 0 Å². The summed E-state index contributed by atoms with van der Waals surface area (Å²) in [6, 6.07) is 21.6. The van der Waals surface area contributed by atoms with Gasteiger partial charge in [0.25, 0.3) is 5.91 Å². The van der Waals surface area contributed by atoms with Gasteiger partial charge in [-0.25, -0.2) is 0 Å². The van der Waals surface area contributed by atoms with Gasteiger partial charge in [0, 0.05) is 33.2 Å². The summed E-state index contributed by atoms with van der Waals surface area (Å²) in [5, 5.41) is 2.83. The highest BCUT2D eigenvalue weighted by Gasteiger charge is 2.08. The van der Waals surface area contributed by atoms with Crippen molar-refractivity contribution in [1.29, 1.82) is 0 Å². The van der Waals surface area contributed by atoms with Crippen LogP contribution in [-0.2, 0) is 17.4 Å². The van der Waals surface area contributed by atoms with E-state index in [2.05, 4.69) is 5.32 Å². The molecule has 0 heterocycles. The van der Waals surface area contributed by atoms with Crippen LogP contribution in [0.5, 0.6) is 11.5 Å². The maximum absolute atomic E-state index is 12.5. The molecule has 3 rings (SSSR count). The van der Waals surface area contributed by atoms with Crippen LogP contribution >= 0.6 is 0 Å². The zero-order valence-corrected chi connectivity index (χ0v) is 16.5. The summed E-state index contributed by atoms with van der Waals surface area (Å²) in [5.41, 5.74) is 2.14. The van der Waals surface area contributed by atoms with Crippen LogP contribution < -0.4 is 14.8 Å². The van der Waals surface area contributed by atoms with Crippen LogP contribution in [0.3, 0.4) is 0 Å². The summed E-state index contributed by atoms with van der Waals surface area (Å²) in [5.74, 6) is 1.17. The number of anilines is 1. The third-order valence-corrected chi connectivity index (χ3v) is 5.04. The van der Waals surface area contributed by atoms with Crippen LogP contribution in [0.4, 0.5) is 5.69 Å². The van der Waals surface area contributed by atoms with Crippen molar-refractivity contribution in [3.63, 3.8) is 0 Å². The fourth-order valence-corrected chi connectivity index (χ4v) is 3.07. The Bertz CT molecular complexity index is 969. The number of nitrogens with one attached hydrogen (secondary N) is 1. The number of benzene rings is 3. The molecule has 0 saturated heterocycles. The molecule has 0 radical (unpaired) electrons. The fourth-order valence-electron chi connectivity index (χ4n) is 2.55. The number of methoxy groups -OCH3 is 1. The molecule has 1 unspecified atom stereocenters. The molecular formula is C22H21NO4S. The van der Waals surface area contributed by atoms with Gasteiger partial charge in [0.05, 0.1) is 7.11 Å². The molecule has 1 atom stereocenters. The van der Waals surface area contributed by atoms with Gasteiger partial charge in [0.15, 0.2) is 0 Å². The van der Waals surface area contributed by atoms with Gasteiger partial charge in [-0.2, -0.15) is 0 Å². The summed E-state index contributed by atoms with van der Waals surface area (Å²) < 4.78 is 22.4. The number of rotatable bonds is 7. The van der Waals surface area contributed by atoms with E-state index in [9.17, 15) is 9.00 Å². The lowest BCUT2D eigenvalue weighted by molar-refractivity contribution is 0.102. The van der Waals surface area contributed by atoms with Crippen LogP contribution in [0.2, 0.25) is 0 Å². The Kier molecular flexibility index (Phi) is 6.45. The van der Waals surface area contributed by atoms with E-state index < -0.39 is 10.8 Å². The molecule has 3 aromatic rings. The van der Waals surface area contributed by atoms with Crippen molar-refractivity contribution in [2.45, 2.75) is 11.5 Å². The minimum absolute atomic E-state index is 0.236. The minimum Gasteiger partial charge on any atom is -0.497 e. The average Bonchev–Trinajstić information content (AvgIpc) is 2.73. The Balaban J connectivity index is 1.62. The molecule has 0 saturated carbocycles. The highest BCUT2D eigenvalue weighted by atomic mass is 32.2. The van der Waals surface area contributed by atoms with E-state index in [1.54, 1.807) is 55.8 Å². The number of carbonyl (C=O) groups is 1. The fraction of sp³-hybridized carbons (Fsp3) is 0.136. The Morgan fingerprint density at radius 1 is 0.964 bits per heavy atom. The summed E-state index contributed by atoms with van der Waals surface area (Å²) >= 11 is 0. The highest BCUT2D eigenvalue weighted by molar-refractivity contribution is 7.84. The minimum atomic E-state index is -1.05. The van der Waals surface area contributed by atoms with Crippen molar-refractivity contribution in [2.75, 3.05) is 18.7 Å². The number of hydrogen-bond donors (Lipinski definition) is 1. The summed E-state index contributed by atoms with van der Waals surface area (Å²) in [4.78, 5) is 13.2. The van der Waals surface area contributed by atoms with Gasteiger partial charge >= 0.3 is 0 Å². The summed E-state index contributed by atoms with van der Waals surface area (Å²) in [6.45, 7) is 0.394. The molecule has 0 spiro atoms.